The van der Waals surface area contributed by atoms with Crippen LogP contribution in [0.3, 0.4) is 0 Å². The molecule has 0 saturated carbocycles. The van der Waals surface area contributed by atoms with Crippen LogP contribution in [0.4, 0.5) is 0 Å². The molecule has 0 bridgehead atoms. The van der Waals surface area contributed by atoms with E-state index in [-0.39, 0.29) is 5.25 Å². The van der Waals surface area contributed by atoms with Crippen molar-refractivity contribution in [3.63, 3.8) is 0 Å². The molecule has 2 unspecified atom stereocenters. The van der Waals surface area contributed by atoms with Crippen molar-refractivity contribution in [3.05, 3.63) is 18.0 Å². The van der Waals surface area contributed by atoms with Crippen LogP contribution < -0.4 is 5.73 Å². The lowest BCUT2D eigenvalue weighted by Crippen LogP contribution is -2.36. The minimum absolute atomic E-state index is 0.219. The van der Waals surface area contributed by atoms with Crippen LogP contribution in [0.15, 0.2) is 17.4 Å². The summed E-state index contributed by atoms with van der Waals surface area (Å²) in [5.74, 6) is 0. The summed E-state index contributed by atoms with van der Waals surface area (Å²) in [6.45, 7) is 5.69. The largest absolute Gasteiger partial charge is 0.314 e. The first kappa shape index (κ1) is 12.9. The highest BCUT2D eigenvalue weighted by molar-refractivity contribution is 7.99. The Labute approximate surface area is 100 Å². The van der Waals surface area contributed by atoms with Crippen molar-refractivity contribution >= 4 is 11.8 Å². The minimum atomic E-state index is -0.782. The number of thioether (sulfide) groups is 1. The Morgan fingerprint density at radius 1 is 1.69 bits per heavy atom. The third-order valence-corrected chi connectivity index (χ3v) is 3.02. The first-order valence-electron chi connectivity index (χ1n) is 5.09. The fourth-order valence-electron chi connectivity index (χ4n) is 1.35. The zero-order valence-corrected chi connectivity index (χ0v) is 10.6. The summed E-state index contributed by atoms with van der Waals surface area (Å²) < 4.78 is 0. The molecule has 0 amide bonds. The lowest BCUT2D eigenvalue weighted by atomic mass is 10.00. The van der Waals surface area contributed by atoms with E-state index in [2.05, 4.69) is 16.0 Å². The van der Waals surface area contributed by atoms with Crippen molar-refractivity contribution in [1.29, 1.82) is 5.26 Å². The van der Waals surface area contributed by atoms with E-state index < -0.39 is 5.54 Å². The molecule has 2 N–H and O–H groups in total. The molecule has 2 atom stereocenters. The highest BCUT2D eigenvalue weighted by Crippen LogP contribution is 2.24. The van der Waals surface area contributed by atoms with Crippen LogP contribution in [0.1, 0.15) is 26.0 Å². The van der Waals surface area contributed by atoms with Gasteiger partial charge in [0.1, 0.15) is 5.54 Å². The zero-order chi connectivity index (χ0) is 12.2. The predicted molar refractivity (Wildman–Crippen MR) is 64.9 cm³/mol. The van der Waals surface area contributed by atoms with Gasteiger partial charge in [-0.25, -0.2) is 9.97 Å². The SMILES string of the molecule is Cc1ccnc(SC(C)CC(C)(N)C#N)n1. The van der Waals surface area contributed by atoms with Gasteiger partial charge in [0.15, 0.2) is 5.16 Å². The second kappa shape index (κ2) is 5.28. The van der Waals surface area contributed by atoms with Gasteiger partial charge in [-0.15, -0.1) is 0 Å². The van der Waals surface area contributed by atoms with Gasteiger partial charge in [-0.1, -0.05) is 18.7 Å². The molecule has 1 rings (SSSR count). The third-order valence-electron chi connectivity index (χ3n) is 2.05. The number of hydrogen-bond donors (Lipinski definition) is 1. The number of aryl methyl sites for hydroxylation is 1. The fraction of sp³-hybridized carbons (Fsp3) is 0.545. The van der Waals surface area contributed by atoms with E-state index in [4.69, 9.17) is 11.0 Å². The number of aromatic nitrogens is 2. The van der Waals surface area contributed by atoms with Gasteiger partial charge in [0, 0.05) is 17.1 Å². The second-order valence-electron chi connectivity index (χ2n) is 4.14. The molecule has 0 spiro atoms. The molecule has 5 heteroatoms. The maximum Gasteiger partial charge on any atom is 0.187 e. The number of nitrogens with zero attached hydrogens (tertiary/aromatic N) is 3. The van der Waals surface area contributed by atoms with Gasteiger partial charge in [0.2, 0.25) is 0 Å². The Morgan fingerprint density at radius 2 is 2.38 bits per heavy atom. The number of hydrogen-bond acceptors (Lipinski definition) is 5. The number of nitrogens with two attached hydrogens (primary N) is 1. The Bertz CT molecular complexity index is 397. The van der Waals surface area contributed by atoms with Crippen LogP contribution in [0.25, 0.3) is 0 Å². The molecule has 0 aromatic carbocycles. The van der Waals surface area contributed by atoms with Crippen molar-refractivity contribution in [2.75, 3.05) is 0 Å². The lowest BCUT2D eigenvalue weighted by molar-refractivity contribution is 0.545. The summed E-state index contributed by atoms with van der Waals surface area (Å²) in [5, 5.41) is 9.79. The molecule has 0 fully saturated rings. The van der Waals surface area contributed by atoms with Gasteiger partial charge in [0.05, 0.1) is 6.07 Å². The van der Waals surface area contributed by atoms with Crippen molar-refractivity contribution in [2.24, 2.45) is 5.73 Å². The zero-order valence-electron chi connectivity index (χ0n) is 9.77. The first-order valence-corrected chi connectivity index (χ1v) is 5.97. The van der Waals surface area contributed by atoms with E-state index in [1.165, 1.54) is 0 Å². The van der Waals surface area contributed by atoms with Crippen molar-refractivity contribution in [3.8, 4) is 6.07 Å². The highest BCUT2D eigenvalue weighted by atomic mass is 32.2. The topological polar surface area (TPSA) is 75.6 Å². The monoisotopic (exact) mass is 236 g/mol. The molecule has 4 nitrogen and oxygen atoms in total. The van der Waals surface area contributed by atoms with Crippen LogP contribution in [0.2, 0.25) is 0 Å². The Hall–Kier alpha value is -1.12. The normalized spacial score (nSPS) is 16.2. The summed E-state index contributed by atoms with van der Waals surface area (Å²) in [7, 11) is 0. The van der Waals surface area contributed by atoms with Crippen molar-refractivity contribution in [1.82, 2.24) is 9.97 Å². The average molecular weight is 236 g/mol. The van der Waals surface area contributed by atoms with Crippen LogP contribution in [0.5, 0.6) is 0 Å². The fourth-order valence-corrected chi connectivity index (χ4v) is 2.45. The highest BCUT2D eigenvalue weighted by Gasteiger charge is 2.22. The molecule has 0 aliphatic carbocycles. The molecular weight excluding hydrogens is 220 g/mol. The molecule has 0 radical (unpaired) electrons. The van der Waals surface area contributed by atoms with E-state index >= 15 is 0 Å². The summed E-state index contributed by atoms with van der Waals surface area (Å²) in [6, 6.07) is 3.95. The van der Waals surface area contributed by atoms with E-state index in [1.54, 1.807) is 24.9 Å². The minimum Gasteiger partial charge on any atom is -0.314 e. The number of nitriles is 1. The Morgan fingerprint density at radius 3 is 2.94 bits per heavy atom. The quantitative estimate of drug-likeness (QED) is 0.638. The van der Waals surface area contributed by atoms with E-state index in [0.29, 0.717) is 6.42 Å². The third kappa shape index (κ3) is 4.17. The van der Waals surface area contributed by atoms with Crippen LogP contribution >= 0.6 is 11.8 Å². The first-order chi connectivity index (χ1) is 7.43. The Kier molecular flexibility index (Phi) is 4.27. The molecule has 0 aliphatic heterocycles. The van der Waals surface area contributed by atoms with E-state index in [1.807, 2.05) is 19.9 Å². The van der Waals surface area contributed by atoms with E-state index in [9.17, 15) is 0 Å². The van der Waals surface area contributed by atoms with Gasteiger partial charge in [0.25, 0.3) is 0 Å². The smallest absolute Gasteiger partial charge is 0.187 e. The lowest BCUT2D eigenvalue weighted by Gasteiger charge is -2.19. The predicted octanol–water partition coefficient (Wildman–Crippen LogP) is 1.90. The molecule has 0 saturated heterocycles. The number of rotatable bonds is 4. The molecule has 1 heterocycles. The van der Waals surface area contributed by atoms with Gasteiger partial charge in [-0.05, 0) is 26.3 Å². The van der Waals surface area contributed by atoms with Gasteiger partial charge in [-0.3, -0.25) is 0 Å². The molecule has 86 valence electrons. The molecule has 0 aliphatic rings. The van der Waals surface area contributed by atoms with Gasteiger partial charge >= 0.3 is 0 Å². The standard InChI is InChI=1S/C11H16N4S/c1-8-4-5-14-10(15-8)16-9(2)6-11(3,13)7-12/h4-5,9H,6,13H2,1-3H3. The van der Waals surface area contributed by atoms with Crippen LogP contribution in [0, 0.1) is 18.3 Å². The van der Waals surface area contributed by atoms with Gasteiger partial charge in [-0.2, -0.15) is 5.26 Å². The second-order valence-corrected chi connectivity index (χ2v) is 5.55. The van der Waals surface area contributed by atoms with E-state index in [0.717, 1.165) is 10.9 Å². The van der Waals surface area contributed by atoms with Crippen LogP contribution in [-0.4, -0.2) is 20.8 Å². The molecule has 16 heavy (non-hydrogen) atoms. The summed E-state index contributed by atoms with van der Waals surface area (Å²) in [6.07, 6.45) is 2.36. The maximum absolute atomic E-state index is 8.84. The van der Waals surface area contributed by atoms with Crippen molar-refractivity contribution < 1.29 is 0 Å². The molecular formula is C11H16N4S. The van der Waals surface area contributed by atoms with Crippen molar-refractivity contribution in [2.45, 2.75) is 43.1 Å². The summed E-state index contributed by atoms with van der Waals surface area (Å²) in [5.41, 5.74) is 5.95. The maximum atomic E-state index is 8.84. The van der Waals surface area contributed by atoms with Gasteiger partial charge < -0.3 is 5.73 Å². The summed E-state index contributed by atoms with van der Waals surface area (Å²) >= 11 is 1.55. The average Bonchev–Trinajstić information content (AvgIpc) is 2.16. The summed E-state index contributed by atoms with van der Waals surface area (Å²) in [4.78, 5) is 8.46. The molecule has 1 aromatic heterocycles. The van der Waals surface area contributed by atoms with Crippen LogP contribution in [-0.2, 0) is 0 Å². The molecule has 1 aromatic rings. The Balaban J connectivity index is 2.59.